The van der Waals surface area contributed by atoms with Gasteiger partial charge in [-0.05, 0) is 0 Å². The number of nitrogens with zero attached hydrogens (tertiary/aromatic N) is 3. The molecule has 0 aliphatic heterocycles. The second-order valence-electron chi connectivity index (χ2n) is 3.72. The topological polar surface area (TPSA) is 64.7 Å². The number of anilines is 1. The number of hydrogen-bond donors (Lipinski definition) is 1. The second kappa shape index (κ2) is 3.83. The van der Waals surface area contributed by atoms with Crippen LogP contribution in [0.5, 0.6) is 0 Å². The van der Waals surface area contributed by atoms with Gasteiger partial charge in [-0.3, -0.25) is 9.97 Å². The van der Waals surface area contributed by atoms with Crippen LogP contribution in [-0.2, 0) is 0 Å². The molecule has 82 valence electrons. The fourth-order valence-corrected chi connectivity index (χ4v) is 1.70. The summed E-state index contributed by atoms with van der Waals surface area (Å²) in [6.07, 6.45) is 4.98. The lowest BCUT2D eigenvalue weighted by atomic mass is 10.1. The van der Waals surface area contributed by atoms with Gasteiger partial charge in [0.25, 0.3) is 0 Å². The van der Waals surface area contributed by atoms with Crippen LogP contribution in [0.25, 0.3) is 22.3 Å². The quantitative estimate of drug-likeness (QED) is 0.686. The van der Waals surface area contributed by atoms with E-state index >= 15 is 0 Å². The zero-order valence-electron chi connectivity index (χ0n) is 9.04. The minimum absolute atomic E-state index is 0.549. The Morgan fingerprint density at radius 3 is 2.59 bits per heavy atom. The number of pyridine rings is 1. The van der Waals surface area contributed by atoms with Crippen molar-refractivity contribution in [1.82, 2.24) is 15.0 Å². The molecule has 17 heavy (non-hydrogen) atoms. The number of nitrogen functional groups attached to an aromatic ring is 1. The molecule has 1 aromatic carbocycles. The average molecular weight is 222 g/mol. The first-order valence-corrected chi connectivity index (χ1v) is 5.26. The van der Waals surface area contributed by atoms with Gasteiger partial charge in [0, 0.05) is 5.56 Å². The molecule has 0 atom stereocenters. The van der Waals surface area contributed by atoms with E-state index in [1.165, 1.54) is 0 Å². The van der Waals surface area contributed by atoms with Gasteiger partial charge in [0.05, 0.1) is 30.0 Å². The maximum absolute atomic E-state index is 5.84. The number of hydrogen-bond acceptors (Lipinski definition) is 4. The van der Waals surface area contributed by atoms with Crippen LogP contribution < -0.4 is 5.73 Å². The van der Waals surface area contributed by atoms with Crippen LogP contribution in [0.2, 0.25) is 0 Å². The predicted octanol–water partition coefficient (Wildman–Crippen LogP) is 2.27. The minimum atomic E-state index is 0.549. The molecule has 3 rings (SSSR count). The summed E-state index contributed by atoms with van der Waals surface area (Å²) < 4.78 is 0. The van der Waals surface area contributed by atoms with Crippen LogP contribution in [0.1, 0.15) is 0 Å². The smallest absolute Gasteiger partial charge is 0.115 e. The number of aromatic nitrogens is 3. The van der Waals surface area contributed by atoms with E-state index in [0.717, 1.165) is 11.3 Å². The highest BCUT2D eigenvalue weighted by atomic mass is 14.9. The van der Waals surface area contributed by atoms with E-state index < -0.39 is 0 Å². The molecule has 0 aliphatic rings. The van der Waals surface area contributed by atoms with E-state index in [0.29, 0.717) is 16.7 Å². The van der Waals surface area contributed by atoms with Gasteiger partial charge in [0.2, 0.25) is 0 Å². The number of nitrogens with two attached hydrogens (primary N) is 1. The molecule has 3 aromatic rings. The third-order valence-corrected chi connectivity index (χ3v) is 2.55. The maximum atomic E-state index is 5.84. The molecule has 2 N–H and O–H groups in total. The molecule has 2 heterocycles. The molecule has 0 spiro atoms. The third-order valence-electron chi connectivity index (χ3n) is 2.55. The average Bonchev–Trinajstić information content (AvgIpc) is 2.40. The highest BCUT2D eigenvalue weighted by Crippen LogP contribution is 2.20. The molecule has 2 aromatic heterocycles. The third kappa shape index (κ3) is 1.69. The summed E-state index contributed by atoms with van der Waals surface area (Å²) in [5, 5.41) is 0. The molecule has 0 fully saturated rings. The lowest BCUT2D eigenvalue weighted by Crippen LogP contribution is -1.94. The normalized spacial score (nSPS) is 10.6. The van der Waals surface area contributed by atoms with Crippen LogP contribution in [-0.4, -0.2) is 15.0 Å². The lowest BCUT2D eigenvalue weighted by molar-refractivity contribution is 1.25. The van der Waals surface area contributed by atoms with E-state index in [4.69, 9.17) is 5.73 Å². The van der Waals surface area contributed by atoms with Crippen LogP contribution in [0, 0.1) is 0 Å². The predicted molar refractivity (Wildman–Crippen MR) is 67.2 cm³/mol. The van der Waals surface area contributed by atoms with Crippen molar-refractivity contribution in [3.63, 3.8) is 0 Å². The summed E-state index contributed by atoms with van der Waals surface area (Å²) in [5.41, 5.74) is 9.64. The van der Waals surface area contributed by atoms with Gasteiger partial charge in [-0.2, -0.15) is 0 Å². The largest absolute Gasteiger partial charge is 0.396 e. The van der Waals surface area contributed by atoms with Crippen LogP contribution in [0.15, 0.2) is 48.9 Å². The van der Waals surface area contributed by atoms with Gasteiger partial charge in [-0.25, -0.2) is 4.98 Å². The van der Waals surface area contributed by atoms with Crippen LogP contribution >= 0.6 is 0 Å². The summed E-state index contributed by atoms with van der Waals surface area (Å²) in [5.74, 6) is 0. The number of fused-ring (bicyclic) bond motifs is 1. The Labute approximate surface area is 98.2 Å². The van der Waals surface area contributed by atoms with Crippen molar-refractivity contribution in [3.05, 3.63) is 48.9 Å². The first-order valence-electron chi connectivity index (χ1n) is 5.26. The summed E-state index contributed by atoms with van der Waals surface area (Å²) in [4.78, 5) is 12.8. The van der Waals surface area contributed by atoms with Crippen molar-refractivity contribution in [3.8, 4) is 11.3 Å². The van der Waals surface area contributed by atoms with E-state index in [1.54, 1.807) is 18.6 Å². The molecular formula is C13H10N4. The van der Waals surface area contributed by atoms with Crippen molar-refractivity contribution in [2.75, 3.05) is 5.73 Å². The molecule has 0 saturated heterocycles. The molecule has 0 aliphatic carbocycles. The second-order valence-corrected chi connectivity index (χ2v) is 3.72. The Hall–Kier alpha value is -2.49. The molecule has 0 saturated carbocycles. The molecule has 0 radical (unpaired) electrons. The molecule has 0 unspecified atom stereocenters. The Kier molecular flexibility index (Phi) is 2.19. The van der Waals surface area contributed by atoms with Crippen molar-refractivity contribution < 1.29 is 0 Å². The summed E-state index contributed by atoms with van der Waals surface area (Å²) in [7, 11) is 0. The van der Waals surface area contributed by atoms with Crippen molar-refractivity contribution in [2.24, 2.45) is 0 Å². The molecular weight excluding hydrogens is 212 g/mol. The van der Waals surface area contributed by atoms with Crippen LogP contribution in [0.3, 0.4) is 0 Å². The van der Waals surface area contributed by atoms with Crippen molar-refractivity contribution in [1.29, 1.82) is 0 Å². The molecule has 0 amide bonds. The van der Waals surface area contributed by atoms with Gasteiger partial charge in [0.1, 0.15) is 11.0 Å². The summed E-state index contributed by atoms with van der Waals surface area (Å²) in [6, 6.07) is 9.89. The summed E-state index contributed by atoms with van der Waals surface area (Å²) >= 11 is 0. The van der Waals surface area contributed by atoms with Gasteiger partial charge >= 0.3 is 0 Å². The zero-order chi connectivity index (χ0) is 11.7. The van der Waals surface area contributed by atoms with Gasteiger partial charge in [-0.15, -0.1) is 0 Å². The summed E-state index contributed by atoms with van der Waals surface area (Å²) in [6.45, 7) is 0. The molecule has 4 nitrogen and oxygen atoms in total. The first kappa shape index (κ1) is 9.72. The van der Waals surface area contributed by atoms with E-state index in [-0.39, 0.29) is 0 Å². The number of rotatable bonds is 1. The Bertz CT molecular complexity index is 665. The molecule has 4 heteroatoms. The van der Waals surface area contributed by atoms with E-state index in [2.05, 4.69) is 15.0 Å². The minimum Gasteiger partial charge on any atom is -0.396 e. The first-order chi connectivity index (χ1) is 8.34. The van der Waals surface area contributed by atoms with Crippen molar-refractivity contribution >= 4 is 16.7 Å². The highest BCUT2D eigenvalue weighted by molar-refractivity contribution is 5.86. The fourth-order valence-electron chi connectivity index (χ4n) is 1.70. The molecule has 0 bridgehead atoms. The Morgan fingerprint density at radius 2 is 1.76 bits per heavy atom. The van der Waals surface area contributed by atoms with Gasteiger partial charge in [-0.1, -0.05) is 30.3 Å². The van der Waals surface area contributed by atoms with E-state index in [1.807, 2.05) is 30.3 Å². The van der Waals surface area contributed by atoms with Crippen molar-refractivity contribution in [2.45, 2.75) is 0 Å². The SMILES string of the molecule is Nc1cncc2ncc(-c3ccccc3)nc12. The monoisotopic (exact) mass is 222 g/mol. The van der Waals surface area contributed by atoms with Gasteiger partial charge in [0.15, 0.2) is 0 Å². The Balaban J connectivity index is 2.23. The van der Waals surface area contributed by atoms with Gasteiger partial charge < -0.3 is 5.73 Å². The lowest BCUT2D eigenvalue weighted by Gasteiger charge is -2.03. The highest BCUT2D eigenvalue weighted by Gasteiger charge is 2.04. The van der Waals surface area contributed by atoms with Crippen LogP contribution in [0.4, 0.5) is 5.69 Å². The Morgan fingerprint density at radius 1 is 0.941 bits per heavy atom. The maximum Gasteiger partial charge on any atom is 0.115 e. The number of benzene rings is 1. The van der Waals surface area contributed by atoms with E-state index in [9.17, 15) is 0 Å². The zero-order valence-corrected chi connectivity index (χ0v) is 9.04. The standard InChI is InChI=1S/C13H10N4/c14-10-6-15-7-12-13(10)17-11(8-16-12)9-4-2-1-3-5-9/h1-8H,14H2. The fraction of sp³-hybridized carbons (Fsp3) is 0.